The van der Waals surface area contributed by atoms with Gasteiger partial charge < -0.3 is 13.9 Å². The quantitative estimate of drug-likeness (QED) is 0.159. The Morgan fingerprint density at radius 1 is 1.18 bits per heavy atom. The van der Waals surface area contributed by atoms with E-state index in [9.17, 15) is 9.59 Å². The highest BCUT2D eigenvalue weighted by Gasteiger charge is 2.18. The number of halogens is 2. The van der Waals surface area contributed by atoms with E-state index in [1.54, 1.807) is 74.5 Å². The Morgan fingerprint density at radius 3 is 2.79 bits per heavy atom. The molecule has 8 nitrogen and oxygen atoms in total. The van der Waals surface area contributed by atoms with Crippen LogP contribution in [0.15, 0.2) is 85.5 Å². The molecule has 1 atom stereocenters. The highest BCUT2D eigenvalue weighted by molar-refractivity contribution is 9.10. The van der Waals surface area contributed by atoms with Crippen molar-refractivity contribution in [3.8, 4) is 17.3 Å². The van der Waals surface area contributed by atoms with E-state index in [1.165, 1.54) is 10.9 Å². The molecule has 0 amide bonds. The first-order valence-corrected chi connectivity index (χ1v) is 12.9. The second-order valence-electron chi connectivity index (χ2n) is 8.31. The van der Waals surface area contributed by atoms with Gasteiger partial charge in [0.1, 0.15) is 11.3 Å². The number of carbonyl (C=O) groups is 1. The number of nitrogens with zero attached hydrogens (tertiary/aromatic N) is 3. The van der Waals surface area contributed by atoms with E-state index in [0.29, 0.717) is 43.1 Å². The molecule has 5 aromatic rings. The summed E-state index contributed by atoms with van der Waals surface area (Å²) in [5, 5.41) is 6.24. The number of furan rings is 1. The highest BCUT2D eigenvalue weighted by Crippen LogP contribution is 2.30. The van der Waals surface area contributed by atoms with Crippen molar-refractivity contribution in [2.24, 2.45) is 5.10 Å². The van der Waals surface area contributed by atoms with Crippen LogP contribution in [-0.4, -0.2) is 34.6 Å². The van der Waals surface area contributed by atoms with Crippen LogP contribution in [0.4, 0.5) is 0 Å². The maximum absolute atomic E-state index is 13.4. The van der Waals surface area contributed by atoms with E-state index in [1.807, 2.05) is 6.07 Å². The number of fused-ring (bicyclic) bond motifs is 2. The van der Waals surface area contributed by atoms with E-state index in [4.69, 9.17) is 25.5 Å². The van der Waals surface area contributed by atoms with Crippen LogP contribution in [0.25, 0.3) is 33.5 Å². The number of esters is 1. The minimum Gasteiger partial charge on any atom is -0.478 e. The van der Waals surface area contributed by atoms with Gasteiger partial charge in [-0.3, -0.25) is 4.79 Å². The molecule has 5 rings (SSSR count). The normalized spacial score (nSPS) is 12.3. The molecule has 10 heteroatoms. The van der Waals surface area contributed by atoms with E-state index in [-0.39, 0.29) is 18.0 Å². The third kappa shape index (κ3) is 5.20. The minimum absolute atomic E-state index is 0.250. The summed E-state index contributed by atoms with van der Waals surface area (Å²) in [5.41, 5.74) is 1.47. The summed E-state index contributed by atoms with van der Waals surface area (Å²) < 4.78 is 18.5. The number of hydrogen-bond donors (Lipinski definition) is 0. The first-order chi connectivity index (χ1) is 18.3. The van der Waals surface area contributed by atoms with Crippen LogP contribution in [0.5, 0.6) is 5.75 Å². The van der Waals surface area contributed by atoms with Gasteiger partial charge in [0.2, 0.25) is 5.82 Å². The van der Waals surface area contributed by atoms with Crippen molar-refractivity contribution in [2.45, 2.75) is 20.0 Å². The highest BCUT2D eigenvalue weighted by atomic mass is 79.9. The van der Waals surface area contributed by atoms with Crippen molar-refractivity contribution in [2.75, 3.05) is 6.61 Å². The van der Waals surface area contributed by atoms with Crippen molar-refractivity contribution >= 4 is 61.6 Å². The largest absolute Gasteiger partial charge is 0.478 e. The summed E-state index contributed by atoms with van der Waals surface area (Å²) in [4.78, 5) is 30.0. The lowest BCUT2D eigenvalue weighted by atomic mass is 10.2. The van der Waals surface area contributed by atoms with Gasteiger partial charge in [-0.15, -0.1) is 0 Å². The molecule has 0 radical (unpaired) electrons. The molecule has 3 aromatic carbocycles. The molecule has 2 aromatic heterocycles. The average Bonchev–Trinajstić information content (AvgIpc) is 3.32. The van der Waals surface area contributed by atoms with Crippen LogP contribution >= 0.6 is 27.5 Å². The Morgan fingerprint density at radius 2 is 2.00 bits per heavy atom. The number of benzene rings is 3. The van der Waals surface area contributed by atoms with Crippen LogP contribution < -0.4 is 10.3 Å². The summed E-state index contributed by atoms with van der Waals surface area (Å²) in [6.45, 7) is 3.63. The third-order valence-electron chi connectivity index (χ3n) is 5.65. The van der Waals surface area contributed by atoms with E-state index < -0.39 is 12.1 Å². The van der Waals surface area contributed by atoms with Gasteiger partial charge in [0.25, 0.3) is 5.56 Å². The van der Waals surface area contributed by atoms with Gasteiger partial charge in [-0.2, -0.15) is 9.78 Å². The summed E-state index contributed by atoms with van der Waals surface area (Å²) in [5.74, 6) is 0.641. The van der Waals surface area contributed by atoms with Crippen LogP contribution in [0.1, 0.15) is 19.4 Å². The third-order valence-corrected chi connectivity index (χ3v) is 6.51. The van der Waals surface area contributed by atoms with E-state index in [0.717, 1.165) is 5.39 Å². The number of para-hydroxylation sites is 1. The lowest BCUT2D eigenvalue weighted by Gasteiger charge is -2.14. The fourth-order valence-electron chi connectivity index (χ4n) is 3.83. The fraction of sp³-hybridized carbons (Fsp3) is 0.143. The van der Waals surface area contributed by atoms with Gasteiger partial charge in [-0.25, -0.2) is 9.78 Å². The van der Waals surface area contributed by atoms with Crippen LogP contribution in [0, 0.1) is 0 Å². The Bertz CT molecular complexity index is 1760. The van der Waals surface area contributed by atoms with E-state index in [2.05, 4.69) is 26.0 Å². The smallest absolute Gasteiger partial charge is 0.347 e. The van der Waals surface area contributed by atoms with Gasteiger partial charge in [0.05, 0.1) is 28.2 Å². The van der Waals surface area contributed by atoms with Gasteiger partial charge in [0.15, 0.2) is 11.9 Å². The first kappa shape index (κ1) is 25.7. The van der Waals surface area contributed by atoms with Crippen molar-refractivity contribution in [1.82, 2.24) is 9.66 Å². The predicted molar refractivity (Wildman–Crippen MR) is 150 cm³/mol. The molecule has 0 saturated heterocycles. The van der Waals surface area contributed by atoms with Crippen LogP contribution in [-0.2, 0) is 9.53 Å². The molecule has 2 heterocycles. The van der Waals surface area contributed by atoms with Gasteiger partial charge in [0, 0.05) is 10.4 Å². The Labute approximate surface area is 230 Å². The molecule has 0 aliphatic carbocycles. The van der Waals surface area contributed by atoms with Crippen molar-refractivity contribution in [3.05, 3.63) is 92.1 Å². The summed E-state index contributed by atoms with van der Waals surface area (Å²) in [7, 11) is 0. The number of aromatic nitrogens is 2. The van der Waals surface area contributed by atoms with Gasteiger partial charge in [-0.05, 0) is 89.9 Å². The average molecular weight is 595 g/mol. The zero-order chi connectivity index (χ0) is 26.8. The lowest BCUT2D eigenvalue weighted by Crippen LogP contribution is -2.26. The minimum atomic E-state index is -0.769. The molecule has 0 saturated carbocycles. The standard InChI is InChI=1S/C28H21BrClN3O5/c1-3-36-28(35)16(2)37-24-10-8-17(12-21(24)29)15-31-33-26(32-22-7-5-4-6-20(22)27(33)34)25-14-18-13-19(30)9-11-23(18)38-25/h4-16H,3H2,1-2H3/t16-/m1/s1. The second-order valence-corrected chi connectivity index (χ2v) is 9.60. The lowest BCUT2D eigenvalue weighted by molar-refractivity contribution is -0.150. The zero-order valence-electron chi connectivity index (χ0n) is 20.4. The Hall–Kier alpha value is -3.95. The molecule has 38 heavy (non-hydrogen) atoms. The predicted octanol–water partition coefficient (Wildman–Crippen LogP) is 6.44. The number of carbonyl (C=O) groups excluding carboxylic acids is 1. The topological polar surface area (TPSA) is 95.9 Å². The maximum atomic E-state index is 13.4. The zero-order valence-corrected chi connectivity index (χ0v) is 22.7. The summed E-state index contributed by atoms with van der Waals surface area (Å²) >= 11 is 9.60. The van der Waals surface area contributed by atoms with E-state index >= 15 is 0 Å². The van der Waals surface area contributed by atoms with Crippen molar-refractivity contribution < 1.29 is 18.7 Å². The molecule has 0 spiro atoms. The molecular weight excluding hydrogens is 574 g/mol. The molecule has 0 aliphatic heterocycles. The molecular formula is C28H21BrClN3O5. The van der Waals surface area contributed by atoms with Crippen LogP contribution in [0.3, 0.4) is 0 Å². The SMILES string of the molecule is CCOC(=O)[C@@H](C)Oc1ccc(C=Nn2c(-c3cc4cc(Cl)ccc4o3)nc3ccccc3c2=O)cc1Br. The molecule has 0 bridgehead atoms. The Balaban J connectivity index is 1.53. The summed E-state index contributed by atoms with van der Waals surface area (Å²) in [6.07, 6.45) is 0.763. The maximum Gasteiger partial charge on any atom is 0.347 e. The molecule has 192 valence electrons. The van der Waals surface area contributed by atoms with Gasteiger partial charge in [-0.1, -0.05) is 23.7 Å². The molecule has 0 fully saturated rings. The fourth-order valence-corrected chi connectivity index (χ4v) is 4.50. The molecule has 0 aliphatic rings. The monoisotopic (exact) mass is 593 g/mol. The molecule has 0 N–H and O–H groups in total. The van der Waals surface area contributed by atoms with Crippen molar-refractivity contribution in [1.29, 1.82) is 0 Å². The number of ether oxygens (including phenoxy) is 2. The number of rotatable bonds is 7. The summed E-state index contributed by atoms with van der Waals surface area (Å²) in [6, 6.07) is 19.3. The first-order valence-electron chi connectivity index (χ1n) is 11.7. The second kappa shape index (κ2) is 10.8. The van der Waals surface area contributed by atoms with Crippen LogP contribution in [0.2, 0.25) is 5.02 Å². The molecule has 0 unspecified atom stereocenters. The van der Waals surface area contributed by atoms with Crippen molar-refractivity contribution in [3.63, 3.8) is 0 Å². The number of hydrogen-bond acceptors (Lipinski definition) is 7. The Kier molecular flexibility index (Phi) is 7.31. The van der Waals surface area contributed by atoms with Gasteiger partial charge >= 0.3 is 5.97 Å².